The summed E-state index contributed by atoms with van der Waals surface area (Å²) in [5.74, 6) is -0.221. The quantitative estimate of drug-likeness (QED) is 0.719. The van der Waals surface area contributed by atoms with E-state index in [1.807, 2.05) is 31.2 Å². The molecule has 0 bridgehead atoms. The fourth-order valence-corrected chi connectivity index (χ4v) is 2.51. The van der Waals surface area contributed by atoms with Crippen molar-refractivity contribution in [3.63, 3.8) is 0 Å². The highest BCUT2D eigenvalue weighted by Gasteiger charge is 2.09. The van der Waals surface area contributed by atoms with Crippen molar-refractivity contribution in [3.05, 3.63) is 52.3 Å². The third kappa shape index (κ3) is 5.33. The van der Waals surface area contributed by atoms with Gasteiger partial charge in [0.25, 0.3) is 5.91 Å². The van der Waals surface area contributed by atoms with E-state index < -0.39 is 0 Å². The molecule has 0 aliphatic heterocycles. The lowest BCUT2D eigenvalue weighted by atomic mass is 10.2. The van der Waals surface area contributed by atoms with Gasteiger partial charge in [0.2, 0.25) is 0 Å². The lowest BCUT2D eigenvalue weighted by Gasteiger charge is -2.09. The number of ether oxygens (including phenoxy) is 1. The largest absolute Gasteiger partial charge is 0.385 e. The van der Waals surface area contributed by atoms with Crippen molar-refractivity contribution >= 4 is 33.2 Å². The molecule has 0 atom stereocenters. The zero-order valence-corrected chi connectivity index (χ0v) is 14.8. The summed E-state index contributed by atoms with van der Waals surface area (Å²) in [6.07, 6.45) is 2.58. The number of anilines is 2. The van der Waals surface area contributed by atoms with E-state index in [-0.39, 0.29) is 5.91 Å². The molecule has 2 aromatic rings. The Bertz CT molecular complexity index is 659. The Hall–Kier alpha value is -1.92. The van der Waals surface area contributed by atoms with E-state index in [1.165, 1.54) is 0 Å². The highest BCUT2D eigenvalue weighted by atomic mass is 79.9. The predicted octanol–water partition coefficient (Wildman–Crippen LogP) is 3.85. The van der Waals surface area contributed by atoms with Crippen LogP contribution in [0.5, 0.6) is 0 Å². The Morgan fingerprint density at radius 1 is 1.30 bits per heavy atom. The number of aryl methyl sites for hydroxylation is 1. The first-order valence-corrected chi connectivity index (χ1v) is 8.16. The first kappa shape index (κ1) is 17.4. The Morgan fingerprint density at radius 2 is 2.13 bits per heavy atom. The van der Waals surface area contributed by atoms with Crippen molar-refractivity contribution in [1.82, 2.24) is 4.98 Å². The van der Waals surface area contributed by atoms with Crippen LogP contribution in [-0.4, -0.2) is 31.2 Å². The Labute approximate surface area is 144 Å². The summed E-state index contributed by atoms with van der Waals surface area (Å²) in [7, 11) is 1.68. The summed E-state index contributed by atoms with van der Waals surface area (Å²) >= 11 is 3.41. The van der Waals surface area contributed by atoms with Gasteiger partial charge in [-0.3, -0.25) is 4.79 Å². The van der Waals surface area contributed by atoms with Gasteiger partial charge in [0.05, 0.1) is 11.9 Å². The third-order valence-corrected chi connectivity index (χ3v) is 3.78. The van der Waals surface area contributed by atoms with Crippen molar-refractivity contribution in [2.24, 2.45) is 0 Å². The molecule has 0 aliphatic rings. The first-order valence-electron chi connectivity index (χ1n) is 7.36. The average molecular weight is 378 g/mol. The van der Waals surface area contributed by atoms with Crippen LogP contribution in [0, 0.1) is 6.92 Å². The van der Waals surface area contributed by atoms with Crippen LogP contribution < -0.4 is 10.6 Å². The van der Waals surface area contributed by atoms with Gasteiger partial charge in [-0.25, -0.2) is 4.98 Å². The smallest absolute Gasteiger partial charge is 0.274 e. The topological polar surface area (TPSA) is 63.2 Å². The summed E-state index contributed by atoms with van der Waals surface area (Å²) in [5.41, 5.74) is 3.04. The first-order chi connectivity index (χ1) is 11.1. The number of carbonyl (C=O) groups excluding carboxylic acids is 1. The summed E-state index contributed by atoms with van der Waals surface area (Å²) < 4.78 is 5.97. The molecule has 23 heavy (non-hydrogen) atoms. The number of halogens is 1. The van der Waals surface area contributed by atoms with Gasteiger partial charge in [-0.15, -0.1) is 0 Å². The van der Waals surface area contributed by atoms with E-state index in [0.717, 1.165) is 34.4 Å². The number of rotatable bonds is 7. The maximum atomic E-state index is 12.2. The molecule has 0 saturated carbocycles. The van der Waals surface area contributed by atoms with Gasteiger partial charge < -0.3 is 15.4 Å². The van der Waals surface area contributed by atoms with E-state index in [2.05, 4.69) is 31.5 Å². The third-order valence-electron chi connectivity index (χ3n) is 3.29. The van der Waals surface area contributed by atoms with Crippen LogP contribution in [0.15, 0.2) is 41.0 Å². The maximum absolute atomic E-state index is 12.2. The van der Waals surface area contributed by atoms with Gasteiger partial charge in [0.15, 0.2) is 0 Å². The molecule has 1 amide bonds. The van der Waals surface area contributed by atoms with E-state index in [1.54, 1.807) is 19.4 Å². The molecule has 122 valence electrons. The van der Waals surface area contributed by atoms with Gasteiger partial charge in [0, 0.05) is 30.4 Å². The molecule has 2 rings (SSSR count). The molecule has 0 fully saturated rings. The molecule has 0 aliphatic carbocycles. The van der Waals surface area contributed by atoms with Crippen LogP contribution in [0.3, 0.4) is 0 Å². The molecule has 0 saturated heterocycles. The van der Waals surface area contributed by atoms with Crippen molar-refractivity contribution in [3.8, 4) is 0 Å². The fraction of sp³-hybridized carbons (Fsp3) is 0.294. The monoisotopic (exact) mass is 377 g/mol. The molecular weight excluding hydrogens is 358 g/mol. The van der Waals surface area contributed by atoms with Crippen molar-refractivity contribution < 1.29 is 9.53 Å². The minimum atomic E-state index is -0.221. The van der Waals surface area contributed by atoms with Crippen LogP contribution in [0.1, 0.15) is 22.5 Å². The number of nitrogens with zero attached hydrogens (tertiary/aromatic N) is 1. The van der Waals surface area contributed by atoms with Gasteiger partial charge in [-0.2, -0.15) is 0 Å². The predicted molar refractivity (Wildman–Crippen MR) is 96.1 cm³/mol. The van der Waals surface area contributed by atoms with Crippen LogP contribution in [0.25, 0.3) is 0 Å². The van der Waals surface area contributed by atoms with E-state index >= 15 is 0 Å². The Kier molecular flexibility index (Phi) is 6.55. The second-order valence-corrected chi connectivity index (χ2v) is 6.03. The molecule has 0 radical (unpaired) electrons. The van der Waals surface area contributed by atoms with E-state index in [9.17, 15) is 4.79 Å². The molecule has 0 spiro atoms. The van der Waals surface area contributed by atoms with Gasteiger partial charge in [-0.05, 0) is 49.2 Å². The Morgan fingerprint density at radius 3 is 2.78 bits per heavy atom. The fourth-order valence-electron chi connectivity index (χ4n) is 2.04. The number of hydrogen-bond acceptors (Lipinski definition) is 4. The number of carbonyl (C=O) groups is 1. The van der Waals surface area contributed by atoms with Crippen LogP contribution in [0.4, 0.5) is 11.4 Å². The molecule has 6 heteroatoms. The minimum Gasteiger partial charge on any atom is -0.385 e. The molecule has 5 nitrogen and oxygen atoms in total. The van der Waals surface area contributed by atoms with Crippen LogP contribution in [-0.2, 0) is 4.74 Å². The lowest BCUT2D eigenvalue weighted by molar-refractivity contribution is 0.102. The molecule has 2 N–H and O–H groups in total. The molecule has 0 unspecified atom stereocenters. The minimum absolute atomic E-state index is 0.221. The number of aromatic nitrogens is 1. The zero-order chi connectivity index (χ0) is 16.7. The second kappa shape index (κ2) is 8.64. The van der Waals surface area contributed by atoms with Gasteiger partial charge >= 0.3 is 0 Å². The zero-order valence-electron chi connectivity index (χ0n) is 13.2. The number of methoxy groups -OCH3 is 1. The van der Waals surface area contributed by atoms with E-state index in [0.29, 0.717) is 12.3 Å². The summed E-state index contributed by atoms with van der Waals surface area (Å²) in [4.78, 5) is 16.4. The highest BCUT2D eigenvalue weighted by molar-refractivity contribution is 9.10. The van der Waals surface area contributed by atoms with Crippen LogP contribution in [0.2, 0.25) is 0 Å². The number of nitrogens with one attached hydrogen (secondary N) is 2. The Balaban J connectivity index is 1.94. The normalized spacial score (nSPS) is 10.4. The molecule has 1 aromatic heterocycles. The van der Waals surface area contributed by atoms with E-state index in [4.69, 9.17) is 4.74 Å². The lowest BCUT2D eigenvalue weighted by Crippen LogP contribution is -2.14. The number of amides is 1. The summed E-state index contributed by atoms with van der Waals surface area (Å²) in [5, 5.41) is 6.11. The van der Waals surface area contributed by atoms with Gasteiger partial charge in [-0.1, -0.05) is 15.9 Å². The number of benzene rings is 1. The number of hydrogen-bond donors (Lipinski definition) is 2. The average Bonchev–Trinajstić information content (AvgIpc) is 2.55. The van der Waals surface area contributed by atoms with Crippen molar-refractivity contribution in [1.29, 1.82) is 0 Å². The van der Waals surface area contributed by atoms with Crippen molar-refractivity contribution in [2.75, 3.05) is 30.9 Å². The number of pyridine rings is 1. The summed E-state index contributed by atoms with van der Waals surface area (Å²) in [6, 6.07) is 9.27. The molecule has 1 heterocycles. The standard InChI is InChI=1S/C17H20BrN3O2/c1-12-10-13(18)4-6-15(12)21-17(22)16-7-5-14(11-20-16)19-8-3-9-23-2/h4-7,10-11,19H,3,8-9H2,1-2H3,(H,21,22). The molecular formula is C17H20BrN3O2. The van der Waals surface area contributed by atoms with Crippen molar-refractivity contribution in [2.45, 2.75) is 13.3 Å². The van der Waals surface area contributed by atoms with Crippen LogP contribution >= 0.6 is 15.9 Å². The second-order valence-electron chi connectivity index (χ2n) is 5.12. The maximum Gasteiger partial charge on any atom is 0.274 e. The SMILES string of the molecule is COCCCNc1ccc(C(=O)Nc2ccc(Br)cc2C)nc1. The highest BCUT2D eigenvalue weighted by Crippen LogP contribution is 2.20. The summed E-state index contributed by atoms with van der Waals surface area (Å²) in [6.45, 7) is 3.47. The van der Waals surface area contributed by atoms with Gasteiger partial charge in [0.1, 0.15) is 5.69 Å². The molecule has 1 aromatic carbocycles.